The molecule has 0 saturated carbocycles. The van der Waals surface area contributed by atoms with Crippen molar-refractivity contribution in [3.63, 3.8) is 0 Å². The van der Waals surface area contributed by atoms with Gasteiger partial charge in [0.15, 0.2) is 11.5 Å². The van der Waals surface area contributed by atoms with E-state index in [0.29, 0.717) is 22.3 Å². The molecule has 0 bridgehead atoms. The number of carbonyl (C=O) groups excluding carboxylic acids is 2. The number of nitrogens with zero attached hydrogens (tertiary/aromatic N) is 5. The van der Waals surface area contributed by atoms with Gasteiger partial charge in [0.25, 0.3) is 11.8 Å². The largest absolute Gasteiger partial charge is 0.459 e. The van der Waals surface area contributed by atoms with Crippen molar-refractivity contribution in [2.45, 2.75) is 9.79 Å². The van der Waals surface area contributed by atoms with E-state index in [-0.39, 0.29) is 91.2 Å². The normalized spacial score (nSPS) is 17.4. The van der Waals surface area contributed by atoms with Gasteiger partial charge in [-0.05, 0) is 59.7 Å². The number of piperazine rings is 2. The molecule has 2 aromatic heterocycles. The van der Waals surface area contributed by atoms with Gasteiger partial charge in [-0.3, -0.25) is 9.59 Å². The van der Waals surface area contributed by atoms with E-state index in [0.717, 1.165) is 0 Å². The van der Waals surface area contributed by atoms with Gasteiger partial charge in [-0.25, -0.2) is 16.8 Å². The average Bonchev–Trinajstić information content (AvgIpc) is 3.88. The number of sulfonamides is 2. The first-order chi connectivity index (χ1) is 22.6. The molecule has 47 heavy (non-hydrogen) atoms. The van der Waals surface area contributed by atoms with Crippen LogP contribution in [0.4, 0.5) is 0 Å². The van der Waals surface area contributed by atoms with Gasteiger partial charge >= 0.3 is 0 Å². The maximum Gasteiger partial charge on any atom is 0.289 e. The predicted octanol–water partition coefficient (Wildman–Crippen LogP) is 2.37. The number of fused-ring (bicyclic) bond motifs is 3. The molecule has 14 nitrogen and oxygen atoms in total. The summed E-state index contributed by atoms with van der Waals surface area (Å²) in [5.41, 5.74) is 1.92. The third-order valence-corrected chi connectivity index (χ3v) is 12.5. The fourth-order valence-electron chi connectivity index (χ4n) is 6.16. The first-order valence-electron chi connectivity index (χ1n) is 14.8. The first kappa shape index (κ1) is 30.9. The Morgan fingerprint density at radius 2 is 1.00 bits per heavy atom. The summed E-state index contributed by atoms with van der Waals surface area (Å²) < 4.78 is 67.5. The molecule has 244 valence electrons. The summed E-state index contributed by atoms with van der Waals surface area (Å²) in [4.78, 5) is 28.3. The van der Waals surface area contributed by atoms with E-state index in [1.165, 1.54) is 55.2 Å². The lowest BCUT2D eigenvalue weighted by molar-refractivity contribution is 0.0660. The number of oxime groups is 1. The molecule has 4 aromatic rings. The molecule has 2 saturated heterocycles. The Morgan fingerprint density at radius 1 is 0.596 bits per heavy atom. The highest BCUT2D eigenvalue weighted by molar-refractivity contribution is 7.89. The van der Waals surface area contributed by atoms with E-state index >= 15 is 0 Å². The summed E-state index contributed by atoms with van der Waals surface area (Å²) in [5, 5.41) is 13.5. The van der Waals surface area contributed by atoms with E-state index < -0.39 is 20.0 Å². The Labute approximate surface area is 270 Å². The molecule has 16 heteroatoms. The fourth-order valence-corrected chi connectivity index (χ4v) is 9.05. The lowest BCUT2D eigenvalue weighted by atomic mass is 10.1. The molecule has 7 rings (SSSR count). The van der Waals surface area contributed by atoms with Crippen LogP contribution in [0.5, 0.6) is 0 Å². The zero-order valence-corrected chi connectivity index (χ0v) is 26.5. The predicted molar refractivity (Wildman–Crippen MR) is 166 cm³/mol. The summed E-state index contributed by atoms with van der Waals surface area (Å²) in [5.74, 6) is -0.247. The number of furan rings is 2. The van der Waals surface area contributed by atoms with E-state index in [4.69, 9.17) is 8.83 Å². The number of amides is 2. The van der Waals surface area contributed by atoms with Crippen LogP contribution in [0.3, 0.4) is 0 Å². The second-order valence-corrected chi connectivity index (χ2v) is 15.1. The molecule has 1 N–H and O–H groups in total. The summed E-state index contributed by atoms with van der Waals surface area (Å²) in [6, 6.07) is 15.3. The zero-order valence-electron chi connectivity index (χ0n) is 24.9. The van der Waals surface area contributed by atoms with Crippen LogP contribution in [-0.4, -0.2) is 110 Å². The summed E-state index contributed by atoms with van der Waals surface area (Å²) in [6.45, 7) is 1.07. The molecule has 4 heterocycles. The van der Waals surface area contributed by atoms with Gasteiger partial charge in [0, 0.05) is 63.5 Å². The van der Waals surface area contributed by atoms with Crippen molar-refractivity contribution < 1.29 is 40.5 Å². The SMILES string of the molecule is O=C(c1ccco1)N1CCN(S(=O)(=O)c2ccc3c(c2)C(=NO)c2cc(S(=O)(=O)N4CCN(C(=O)c5ccco5)CC4)ccc2-3)CC1. The Balaban J connectivity index is 1.08. The molecule has 1 aliphatic carbocycles. The molecule has 0 radical (unpaired) electrons. The molecule has 0 spiro atoms. The van der Waals surface area contributed by atoms with Crippen molar-refractivity contribution in [1.29, 1.82) is 0 Å². The van der Waals surface area contributed by atoms with Gasteiger partial charge < -0.3 is 23.8 Å². The first-order valence-corrected chi connectivity index (χ1v) is 17.6. The van der Waals surface area contributed by atoms with Gasteiger partial charge in [-0.1, -0.05) is 17.3 Å². The minimum atomic E-state index is -3.98. The average molecular weight is 680 g/mol. The van der Waals surface area contributed by atoms with E-state index in [9.17, 15) is 31.6 Å². The van der Waals surface area contributed by atoms with Crippen LogP contribution >= 0.6 is 0 Å². The van der Waals surface area contributed by atoms with Crippen molar-refractivity contribution in [3.05, 3.63) is 95.8 Å². The highest BCUT2D eigenvalue weighted by Gasteiger charge is 2.36. The smallest absolute Gasteiger partial charge is 0.289 e. The zero-order chi connectivity index (χ0) is 32.9. The molecule has 2 aliphatic heterocycles. The molecule has 3 aliphatic rings. The van der Waals surface area contributed by atoms with E-state index in [2.05, 4.69) is 5.16 Å². The van der Waals surface area contributed by atoms with E-state index in [1.807, 2.05) is 0 Å². The molecule has 0 atom stereocenters. The van der Waals surface area contributed by atoms with Crippen LogP contribution < -0.4 is 0 Å². The minimum absolute atomic E-state index is 0.0224. The minimum Gasteiger partial charge on any atom is -0.459 e. The van der Waals surface area contributed by atoms with Crippen molar-refractivity contribution >= 4 is 37.6 Å². The molecule has 2 amide bonds. The van der Waals surface area contributed by atoms with E-state index in [1.54, 1.807) is 36.4 Å². The molecule has 2 aromatic carbocycles. The number of hydrogen-bond acceptors (Lipinski definition) is 10. The van der Waals surface area contributed by atoms with Crippen molar-refractivity contribution in [2.75, 3.05) is 52.4 Å². The Morgan fingerprint density at radius 3 is 1.34 bits per heavy atom. The number of rotatable bonds is 6. The highest BCUT2D eigenvalue weighted by Crippen LogP contribution is 2.40. The molecule has 2 fully saturated rings. The number of hydrogen-bond donors (Lipinski definition) is 1. The lowest BCUT2D eigenvalue weighted by Crippen LogP contribution is -2.50. The standard InChI is InChI=1S/C31H29N5O9S2/c37-30(27-3-1-17-44-27)33-9-13-35(14-10-33)46(40,41)21-5-7-23-24-8-6-22(20-26(24)29(32-39)25(23)19-21)47(42,43)36-15-11-34(12-16-36)31(38)28-4-2-18-45-28/h1-8,17-20,39H,9-16H2. The summed E-state index contributed by atoms with van der Waals surface area (Å²) >= 11 is 0. The van der Waals surface area contributed by atoms with Gasteiger partial charge in [0.05, 0.1) is 22.3 Å². The molecular formula is C31H29N5O9S2. The van der Waals surface area contributed by atoms with Gasteiger partial charge in [-0.2, -0.15) is 8.61 Å². The quantitative estimate of drug-likeness (QED) is 0.209. The third kappa shape index (κ3) is 5.32. The maximum absolute atomic E-state index is 13.6. The molecule has 0 unspecified atom stereocenters. The van der Waals surface area contributed by atoms with Crippen LogP contribution in [0.1, 0.15) is 32.2 Å². The Hall–Kier alpha value is -4.77. The van der Waals surface area contributed by atoms with Crippen LogP contribution in [-0.2, 0) is 20.0 Å². The highest BCUT2D eigenvalue weighted by atomic mass is 32.2. The third-order valence-electron chi connectivity index (χ3n) is 8.67. The molecular weight excluding hydrogens is 651 g/mol. The van der Waals surface area contributed by atoms with Crippen LogP contribution in [0.25, 0.3) is 11.1 Å². The van der Waals surface area contributed by atoms with Crippen LogP contribution in [0, 0.1) is 0 Å². The topological polar surface area (TPSA) is 174 Å². The second-order valence-electron chi connectivity index (χ2n) is 11.2. The van der Waals surface area contributed by atoms with Gasteiger partial charge in [0.2, 0.25) is 20.0 Å². The summed E-state index contributed by atoms with van der Waals surface area (Å²) in [7, 11) is -7.96. The monoisotopic (exact) mass is 679 g/mol. The van der Waals surface area contributed by atoms with Crippen LogP contribution in [0.15, 0.2) is 97.0 Å². The fraction of sp³-hybridized carbons (Fsp3) is 0.258. The number of carbonyl (C=O) groups is 2. The second kappa shape index (κ2) is 11.8. The Bertz CT molecular complexity index is 1950. The number of benzene rings is 2. The van der Waals surface area contributed by atoms with Crippen LogP contribution in [0.2, 0.25) is 0 Å². The van der Waals surface area contributed by atoms with Gasteiger partial charge in [0.1, 0.15) is 5.71 Å². The van der Waals surface area contributed by atoms with Crippen molar-refractivity contribution in [3.8, 4) is 11.1 Å². The maximum atomic E-state index is 13.6. The van der Waals surface area contributed by atoms with Gasteiger partial charge in [-0.15, -0.1) is 0 Å². The van der Waals surface area contributed by atoms with Crippen molar-refractivity contribution in [2.24, 2.45) is 5.16 Å². The van der Waals surface area contributed by atoms with Crippen molar-refractivity contribution in [1.82, 2.24) is 18.4 Å². The summed E-state index contributed by atoms with van der Waals surface area (Å²) in [6.07, 6.45) is 2.81. The Kier molecular flexibility index (Phi) is 7.74. The lowest BCUT2D eigenvalue weighted by Gasteiger charge is -2.33.